The SMILES string of the molecule is CS(=O)(=O)CC(CO)c1ccccc1F. The Labute approximate surface area is 88.5 Å². The molecule has 0 aromatic heterocycles. The minimum absolute atomic E-state index is 0.241. The fourth-order valence-corrected chi connectivity index (χ4v) is 2.43. The number of rotatable bonds is 4. The van der Waals surface area contributed by atoms with Crippen LogP contribution >= 0.6 is 0 Å². The van der Waals surface area contributed by atoms with Crippen LogP contribution in [0.1, 0.15) is 11.5 Å². The van der Waals surface area contributed by atoms with Gasteiger partial charge in [-0.15, -0.1) is 0 Å². The molecule has 1 aromatic rings. The van der Waals surface area contributed by atoms with Gasteiger partial charge in [0.2, 0.25) is 0 Å². The van der Waals surface area contributed by atoms with Crippen molar-refractivity contribution >= 4 is 9.84 Å². The van der Waals surface area contributed by atoms with Gasteiger partial charge in [-0.2, -0.15) is 0 Å². The van der Waals surface area contributed by atoms with Crippen molar-refractivity contribution in [2.24, 2.45) is 0 Å². The van der Waals surface area contributed by atoms with Crippen LogP contribution in [0.3, 0.4) is 0 Å². The van der Waals surface area contributed by atoms with Crippen LogP contribution in [-0.4, -0.2) is 32.1 Å². The van der Waals surface area contributed by atoms with Crippen molar-refractivity contribution in [3.05, 3.63) is 35.6 Å². The van der Waals surface area contributed by atoms with Crippen molar-refractivity contribution in [3.8, 4) is 0 Å². The molecule has 0 fully saturated rings. The van der Waals surface area contributed by atoms with Gasteiger partial charge in [0.05, 0.1) is 12.4 Å². The molecule has 0 aliphatic carbocycles. The number of sulfone groups is 1. The Balaban J connectivity index is 2.98. The average molecular weight is 232 g/mol. The first kappa shape index (κ1) is 12.1. The summed E-state index contributed by atoms with van der Waals surface area (Å²) in [5.41, 5.74) is 0.241. The van der Waals surface area contributed by atoms with Crippen molar-refractivity contribution in [1.29, 1.82) is 0 Å². The Morgan fingerprint density at radius 3 is 2.47 bits per heavy atom. The van der Waals surface area contributed by atoms with Crippen molar-refractivity contribution < 1.29 is 17.9 Å². The summed E-state index contributed by atoms with van der Waals surface area (Å²) in [5, 5.41) is 9.04. The average Bonchev–Trinajstić information content (AvgIpc) is 2.14. The van der Waals surface area contributed by atoms with E-state index in [9.17, 15) is 12.8 Å². The topological polar surface area (TPSA) is 54.4 Å². The van der Waals surface area contributed by atoms with E-state index in [0.717, 1.165) is 6.26 Å². The number of hydrogen-bond donors (Lipinski definition) is 1. The molecule has 3 nitrogen and oxygen atoms in total. The van der Waals surface area contributed by atoms with Crippen molar-refractivity contribution in [3.63, 3.8) is 0 Å². The molecule has 84 valence electrons. The molecular formula is C10H13FO3S. The molecule has 0 amide bonds. The Morgan fingerprint density at radius 2 is 2.00 bits per heavy atom. The fourth-order valence-electron chi connectivity index (χ4n) is 1.41. The van der Waals surface area contributed by atoms with Crippen LogP contribution in [0.2, 0.25) is 0 Å². The van der Waals surface area contributed by atoms with E-state index in [0.29, 0.717) is 0 Å². The highest BCUT2D eigenvalue weighted by Crippen LogP contribution is 2.20. The number of halogens is 1. The molecule has 0 saturated heterocycles. The summed E-state index contributed by atoms with van der Waals surface area (Å²) in [6.07, 6.45) is 1.07. The molecule has 1 unspecified atom stereocenters. The molecule has 1 N–H and O–H groups in total. The molecule has 1 rings (SSSR count). The van der Waals surface area contributed by atoms with Crippen LogP contribution in [0.25, 0.3) is 0 Å². The summed E-state index contributed by atoms with van der Waals surface area (Å²) in [6.45, 7) is -0.381. The smallest absolute Gasteiger partial charge is 0.148 e. The maximum absolute atomic E-state index is 13.3. The van der Waals surface area contributed by atoms with Crippen LogP contribution in [0.4, 0.5) is 4.39 Å². The van der Waals surface area contributed by atoms with E-state index in [1.807, 2.05) is 0 Å². The van der Waals surface area contributed by atoms with Gasteiger partial charge in [0.1, 0.15) is 15.7 Å². The summed E-state index contributed by atoms with van der Waals surface area (Å²) in [4.78, 5) is 0. The Morgan fingerprint density at radius 1 is 1.40 bits per heavy atom. The van der Waals surface area contributed by atoms with Gasteiger partial charge in [0.25, 0.3) is 0 Å². The van der Waals surface area contributed by atoms with E-state index in [-0.39, 0.29) is 17.9 Å². The second-order valence-electron chi connectivity index (χ2n) is 3.49. The maximum atomic E-state index is 13.3. The van der Waals surface area contributed by atoms with Gasteiger partial charge in [-0.25, -0.2) is 12.8 Å². The predicted molar refractivity (Wildman–Crippen MR) is 55.9 cm³/mol. The maximum Gasteiger partial charge on any atom is 0.148 e. The first-order chi connectivity index (χ1) is 6.94. The molecular weight excluding hydrogens is 219 g/mol. The number of benzene rings is 1. The third-order valence-electron chi connectivity index (χ3n) is 2.07. The summed E-state index contributed by atoms with van der Waals surface area (Å²) < 4.78 is 35.4. The monoisotopic (exact) mass is 232 g/mol. The highest BCUT2D eigenvalue weighted by atomic mass is 32.2. The number of aliphatic hydroxyl groups is 1. The molecule has 0 aliphatic heterocycles. The summed E-state index contributed by atoms with van der Waals surface area (Å²) in [5.74, 6) is -1.42. The van der Waals surface area contributed by atoms with Gasteiger partial charge in [-0.05, 0) is 11.6 Å². The van der Waals surface area contributed by atoms with Gasteiger partial charge in [-0.3, -0.25) is 0 Å². The molecule has 0 heterocycles. The zero-order valence-electron chi connectivity index (χ0n) is 8.35. The summed E-state index contributed by atoms with van der Waals surface area (Å²) in [6, 6.07) is 5.87. The van der Waals surface area contributed by atoms with Crippen LogP contribution in [-0.2, 0) is 9.84 Å². The van der Waals surface area contributed by atoms with Gasteiger partial charge in [-0.1, -0.05) is 18.2 Å². The number of hydrogen-bond acceptors (Lipinski definition) is 3. The highest BCUT2D eigenvalue weighted by Gasteiger charge is 2.19. The van der Waals surface area contributed by atoms with Gasteiger partial charge < -0.3 is 5.11 Å². The van der Waals surface area contributed by atoms with E-state index >= 15 is 0 Å². The number of aliphatic hydroxyl groups excluding tert-OH is 1. The molecule has 0 bridgehead atoms. The molecule has 0 spiro atoms. The van der Waals surface area contributed by atoms with Crippen LogP contribution in [0.15, 0.2) is 24.3 Å². The van der Waals surface area contributed by atoms with Crippen LogP contribution in [0, 0.1) is 5.82 Å². The normalized spacial score (nSPS) is 13.8. The van der Waals surface area contributed by atoms with Gasteiger partial charge >= 0.3 is 0 Å². The van der Waals surface area contributed by atoms with E-state index in [1.165, 1.54) is 18.2 Å². The minimum atomic E-state index is -3.23. The molecule has 0 radical (unpaired) electrons. The molecule has 0 aliphatic rings. The van der Waals surface area contributed by atoms with E-state index < -0.39 is 21.6 Å². The quantitative estimate of drug-likeness (QED) is 0.840. The lowest BCUT2D eigenvalue weighted by atomic mass is 10.0. The Hall–Kier alpha value is -0.940. The molecule has 15 heavy (non-hydrogen) atoms. The second kappa shape index (κ2) is 4.72. The van der Waals surface area contributed by atoms with Crippen LogP contribution < -0.4 is 0 Å². The molecule has 0 saturated carbocycles. The Bertz CT molecular complexity index is 428. The van der Waals surface area contributed by atoms with E-state index in [4.69, 9.17) is 5.11 Å². The third-order valence-corrected chi connectivity index (χ3v) is 3.08. The lowest BCUT2D eigenvalue weighted by Crippen LogP contribution is -2.17. The van der Waals surface area contributed by atoms with Gasteiger partial charge in [0, 0.05) is 12.2 Å². The van der Waals surface area contributed by atoms with Crippen LogP contribution in [0.5, 0.6) is 0 Å². The van der Waals surface area contributed by atoms with Crippen molar-refractivity contribution in [2.45, 2.75) is 5.92 Å². The zero-order chi connectivity index (χ0) is 11.5. The lowest BCUT2D eigenvalue weighted by molar-refractivity contribution is 0.271. The zero-order valence-corrected chi connectivity index (χ0v) is 9.17. The minimum Gasteiger partial charge on any atom is -0.396 e. The third kappa shape index (κ3) is 3.60. The molecule has 1 atom stereocenters. The van der Waals surface area contributed by atoms with Gasteiger partial charge in [0.15, 0.2) is 0 Å². The lowest BCUT2D eigenvalue weighted by Gasteiger charge is -2.13. The summed E-state index contributed by atoms with van der Waals surface area (Å²) in [7, 11) is -3.23. The van der Waals surface area contributed by atoms with Crippen molar-refractivity contribution in [2.75, 3.05) is 18.6 Å². The largest absolute Gasteiger partial charge is 0.396 e. The van der Waals surface area contributed by atoms with E-state index in [1.54, 1.807) is 6.07 Å². The second-order valence-corrected chi connectivity index (χ2v) is 5.68. The highest BCUT2D eigenvalue weighted by molar-refractivity contribution is 7.90. The molecule has 5 heteroatoms. The first-order valence-electron chi connectivity index (χ1n) is 4.47. The van der Waals surface area contributed by atoms with E-state index in [2.05, 4.69) is 0 Å². The van der Waals surface area contributed by atoms with Crippen molar-refractivity contribution in [1.82, 2.24) is 0 Å². The fraction of sp³-hybridized carbons (Fsp3) is 0.400. The predicted octanol–water partition coefficient (Wildman–Crippen LogP) is 0.946. The standard InChI is InChI=1S/C10H13FO3S/c1-15(13,14)7-8(6-12)9-4-2-3-5-10(9)11/h2-5,8,12H,6-7H2,1H3. The first-order valence-corrected chi connectivity index (χ1v) is 6.53. The summed E-state index contributed by atoms with van der Waals surface area (Å²) >= 11 is 0. The molecule has 1 aromatic carbocycles. The Kier molecular flexibility index (Phi) is 3.82.